The number of alkyl carbamates (subject to hydrolysis) is 1. The lowest BCUT2D eigenvalue weighted by Gasteiger charge is -2.19. The van der Waals surface area contributed by atoms with Gasteiger partial charge in [0.15, 0.2) is 11.6 Å². The first kappa shape index (κ1) is 15.9. The van der Waals surface area contributed by atoms with Gasteiger partial charge in [-0.05, 0) is 19.1 Å². The van der Waals surface area contributed by atoms with E-state index in [0.29, 0.717) is 0 Å². The number of hydrogen-bond acceptors (Lipinski definition) is 6. The molecule has 0 aliphatic carbocycles. The van der Waals surface area contributed by atoms with E-state index in [0.717, 1.165) is 6.07 Å². The smallest absolute Gasteiger partial charge is 0.430 e. The second-order valence-electron chi connectivity index (χ2n) is 3.80. The lowest BCUT2D eigenvalue weighted by molar-refractivity contribution is -0.0500. The number of hydrogen-bond donors (Lipinski definition) is 1. The number of amidine groups is 1. The van der Waals surface area contributed by atoms with E-state index >= 15 is 0 Å². The number of benzene rings is 1. The molecule has 120 valence electrons. The molecule has 0 atom stereocenters. The topological polar surface area (TPSA) is 103 Å². The normalized spacial score (nSPS) is 15.4. The van der Waals surface area contributed by atoms with Gasteiger partial charge in [0.05, 0.1) is 6.61 Å². The summed E-state index contributed by atoms with van der Waals surface area (Å²) in [5.41, 5.74) is -0.231. The highest BCUT2D eigenvalue weighted by Gasteiger charge is 2.30. The number of carbonyl (C=O) groups is 1. The van der Waals surface area contributed by atoms with Crippen LogP contribution in [0.3, 0.4) is 0 Å². The highest BCUT2D eigenvalue weighted by atomic mass is 32.2. The van der Waals surface area contributed by atoms with Crippen LogP contribution in [-0.2, 0) is 15.0 Å². The summed E-state index contributed by atoms with van der Waals surface area (Å²) in [6, 6.07) is 3.60. The Morgan fingerprint density at radius 3 is 2.82 bits per heavy atom. The number of nitrogens with zero attached hydrogens (tertiary/aromatic N) is 1. The Hall–Kier alpha value is -2.43. The number of rotatable bonds is 3. The second-order valence-corrected chi connectivity index (χ2v) is 5.01. The van der Waals surface area contributed by atoms with Crippen LogP contribution in [0.25, 0.3) is 0 Å². The molecular weight excluding hydrogens is 326 g/mol. The van der Waals surface area contributed by atoms with Gasteiger partial charge in [-0.2, -0.15) is 17.2 Å². The second kappa shape index (κ2) is 6.13. The maximum absolute atomic E-state index is 12.4. The van der Waals surface area contributed by atoms with Gasteiger partial charge in [-0.3, -0.25) is 5.32 Å². The van der Waals surface area contributed by atoms with Crippen molar-refractivity contribution in [3.05, 3.63) is 23.8 Å². The van der Waals surface area contributed by atoms with Crippen molar-refractivity contribution in [2.45, 2.75) is 13.5 Å². The minimum Gasteiger partial charge on any atom is -0.450 e. The largest absolute Gasteiger partial charge is 0.450 e. The number of alkyl halides is 2. The van der Waals surface area contributed by atoms with E-state index in [9.17, 15) is 22.0 Å². The summed E-state index contributed by atoms with van der Waals surface area (Å²) < 4.78 is 64.5. The first-order valence-electron chi connectivity index (χ1n) is 5.88. The molecule has 0 fully saturated rings. The molecule has 1 aromatic carbocycles. The Kier molecular flexibility index (Phi) is 4.45. The van der Waals surface area contributed by atoms with Crippen LogP contribution in [0, 0.1) is 0 Å². The van der Waals surface area contributed by atoms with Gasteiger partial charge in [-0.25, -0.2) is 4.79 Å². The molecule has 1 aliphatic rings. The number of halogens is 2. The van der Waals surface area contributed by atoms with Gasteiger partial charge >= 0.3 is 23.0 Å². The lowest BCUT2D eigenvalue weighted by Crippen LogP contribution is -2.35. The summed E-state index contributed by atoms with van der Waals surface area (Å²) >= 11 is 0. The average Bonchev–Trinajstić information content (AvgIpc) is 2.36. The lowest BCUT2D eigenvalue weighted by atomic mass is 10.1. The molecule has 2 rings (SSSR count). The van der Waals surface area contributed by atoms with Crippen molar-refractivity contribution in [1.82, 2.24) is 5.32 Å². The van der Waals surface area contributed by atoms with Crippen LogP contribution in [-0.4, -0.2) is 33.6 Å². The Labute approximate surface area is 123 Å². The van der Waals surface area contributed by atoms with E-state index in [4.69, 9.17) is 0 Å². The first-order valence-corrected chi connectivity index (χ1v) is 7.25. The maximum atomic E-state index is 12.4. The van der Waals surface area contributed by atoms with Crippen LogP contribution in [0.5, 0.6) is 11.5 Å². The van der Waals surface area contributed by atoms with Crippen molar-refractivity contribution in [3.8, 4) is 11.5 Å². The molecule has 0 radical (unpaired) electrons. The predicted molar refractivity (Wildman–Crippen MR) is 69.3 cm³/mol. The highest BCUT2D eigenvalue weighted by Crippen LogP contribution is 2.34. The molecular formula is C11H10F2N2O6S. The van der Waals surface area contributed by atoms with Crippen molar-refractivity contribution in [2.24, 2.45) is 4.40 Å². The molecule has 1 aromatic rings. The number of nitrogens with one attached hydrogen (secondary N) is 1. The third kappa shape index (κ3) is 3.61. The molecule has 1 N–H and O–H groups in total. The Bertz CT molecular complexity index is 719. The van der Waals surface area contributed by atoms with Crippen molar-refractivity contribution in [1.29, 1.82) is 0 Å². The summed E-state index contributed by atoms with van der Waals surface area (Å²) in [5, 5.41) is 2.05. The summed E-state index contributed by atoms with van der Waals surface area (Å²) in [4.78, 5) is 11.4. The molecule has 22 heavy (non-hydrogen) atoms. The van der Waals surface area contributed by atoms with E-state index in [1.807, 2.05) is 0 Å². The highest BCUT2D eigenvalue weighted by molar-refractivity contribution is 7.86. The quantitative estimate of drug-likeness (QED) is 0.895. The molecule has 0 unspecified atom stereocenters. The fourth-order valence-electron chi connectivity index (χ4n) is 1.65. The van der Waals surface area contributed by atoms with Gasteiger partial charge in [-0.1, -0.05) is 6.07 Å². The average molecular weight is 336 g/mol. The van der Waals surface area contributed by atoms with E-state index in [1.165, 1.54) is 19.1 Å². The number of ether oxygens (including phenoxy) is 2. The molecule has 0 aromatic heterocycles. The minimum absolute atomic E-state index is 0.0183. The summed E-state index contributed by atoms with van der Waals surface area (Å²) in [5.74, 6) is -1.24. The minimum atomic E-state index is -4.38. The van der Waals surface area contributed by atoms with Crippen LogP contribution in [0.1, 0.15) is 12.5 Å². The molecule has 1 heterocycles. The molecule has 1 aliphatic heterocycles. The van der Waals surface area contributed by atoms with Gasteiger partial charge in [-0.15, -0.1) is 4.40 Å². The van der Waals surface area contributed by atoms with E-state index in [1.54, 1.807) is 0 Å². The number of carbonyl (C=O) groups excluding carboxylic acids is 1. The van der Waals surface area contributed by atoms with Crippen LogP contribution in [0.2, 0.25) is 0 Å². The molecule has 0 bridgehead atoms. The summed E-state index contributed by atoms with van der Waals surface area (Å²) in [7, 11) is -4.38. The van der Waals surface area contributed by atoms with Crippen LogP contribution >= 0.6 is 0 Å². The molecule has 1 amide bonds. The van der Waals surface area contributed by atoms with Crippen molar-refractivity contribution >= 4 is 22.2 Å². The van der Waals surface area contributed by atoms with E-state index in [2.05, 4.69) is 23.4 Å². The number of fused-ring (bicyclic) bond motifs is 1. The standard InChI is InChI=1S/C11H10F2N2O6S/c1-2-19-11(16)14-9-8-6(20-10(12)13)4-3-5-7(8)21-22(17,18)15-9/h3-5,10H,2H2,1H3,(H,14,15,16). The molecule has 0 saturated carbocycles. The monoisotopic (exact) mass is 336 g/mol. The first-order chi connectivity index (χ1) is 10.3. The van der Waals surface area contributed by atoms with Crippen molar-refractivity contribution < 1.29 is 35.6 Å². The molecule has 11 heteroatoms. The third-order valence-corrected chi connectivity index (χ3v) is 3.13. The predicted octanol–water partition coefficient (Wildman–Crippen LogP) is 1.42. The van der Waals surface area contributed by atoms with Crippen LogP contribution < -0.4 is 14.2 Å². The zero-order valence-corrected chi connectivity index (χ0v) is 11.9. The fourth-order valence-corrected chi connectivity index (χ4v) is 2.41. The zero-order chi connectivity index (χ0) is 16.3. The molecule has 0 saturated heterocycles. The maximum Gasteiger partial charge on any atom is 0.430 e. The van der Waals surface area contributed by atoms with Crippen molar-refractivity contribution in [2.75, 3.05) is 6.61 Å². The van der Waals surface area contributed by atoms with Gasteiger partial charge < -0.3 is 13.7 Å². The summed E-state index contributed by atoms with van der Waals surface area (Å²) in [6.07, 6.45) is -1.00. The zero-order valence-electron chi connectivity index (χ0n) is 11.1. The summed E-state index contributed by atoms with van der Waals surface area (Å²) in [6.45, 7) is -1.61. The van der Waals surface area contributed by atoms with Crippen molar-refractivity contribution in [3.63, 3.8) is 0 Å². The van der Waals surface area contributed by atoms with Gasteiger partial charge in [0.2, 0.25) is 0 Å². The van der Waals surface area contributed by atoms with Gasteiger partial charge in [0.25, 0.3) is 0 Å². The number of amides is 1. The van der Waals surface area contributed by atoms with Crippen LogP contribution in [0.15, 0.2) is 22.6 Å². The SMILES string of the molecule is CCOC(=O)NC1=NS(=O)(=O)Oc2cccc(OC(F)F)c21. The van der Waals surface area contributed by atoms with E-state index < -0.39 is 34.6 Å². The van der Waals surface area contributed by atoms with Gasteiger partial charge in [0.1, 0.15) is 11.3 Å². The Balaban J connectivity index is 2.48. The fraction of sp³-hybridized carbons (Fsp3) is 0.273. The third-order valence-electron chi connectivity index (χ3n) is 2.33. The van der Waals surface area contributed by atoms with Crippen LogP contribution in [0.4, 0.5) is 13.6 Å². The molecule has 8 nitrogen and oxygen atoms in total. The van der Waals surface area contributed by atoms with Gasteiger partial charge in [0, 0.05) is 0 Å². The Morgan fingerprint density at radius 2 is 2.18 bits per heavy atom. The van der Waals surface area contributed by atoms with E-state index in [-0.39, 0.29) is 17.9 Å². The molecule has 0 spiro atoms. The Morgan fingerprint density at radius 1 is 1.45 bits per heavy atom.